The fraction of sp³-hybridized carbons (Fsp3) is 0.0370. The van der Waals surface area contributed by atoms with Gasteiger partial charge < -0.3 is 14.8 Å². The Kier molecular flexibility index (Phi) is 6.01. The highest BCUT2D eigenvalue weighted by molar-refractivity contribution is 8.04. The molecule has 5 nitrogen and oxygen atoms in total. The predicted molar refractivity (Wildman–Crippen MR) is 132 cm³/mol. The van der Waals surface area contributed by atoms with Gasteiger partial charge in [0.25, 0.3) is 0 Å². The van der Waals surface area contributed by atoms with Gasteiger partial charge in [0.1, 0.15) is 23.1 Å². The number of carbonyl (C=O) groups is 1. The molecule has 168 valence electrons. The number of carboxylic acids is 1. The average Bonchev–Trinajstić information content (AvgIpc) is 3.26. The lowest BCUT2D eigenvalue weighted by molar-refractivity contribution is -0.131. The number of ether oxygens (including phenoxy) is 1. The Hall–Kier alpha value is -4.10. The number of imidazole rings is 1. The number of hydrogen-bond acceptors (Lipinski definition) is 4. The maximum atomic E-state index is 14.1. The van der Waals surface area contributed by atoms with Gasteiger partial charge in [0.05, 0.1) is 11.0 Å². The number of benzene rings is 4. The maximum Gasteiger partial charge on any atom is 0.342 e. The van der Waals surface area contributed by atoms with Crippen molar-refractivity contribution in [2.45, 2.75) is 11.8 Å². The minimum atomic E-state index is -1.08. The number of H-pyrrole nitrogens is 1. The molecule has 0 unspecified atom stereocenters. The van der Waals surface area contributed by atoms with E-state index in [1.165, 1.54) is 6.07 Å². The van der Waals surface area contributed by atoms with Gasteiger partial charge in [-0.1, -0.05) is 60.7 Å². The first-order chi connectivity index (χ1) is 16.6. The number of aromatic nitrogens is 2. The van der Waals surface area contributed by atoms with Gasteiger partial charge >= 0.3 is 5.97 Å². The van der Waals surface area contributed by atoms with E-state index in [-0.39, 0.29) is 17.3 Å². The van der Waals surface area contributed by atoms with Crippen molar-refractivity contribution in [1.29, 1.82) is 0 Å². The zero-order valence-electron chi connectivity index (χ0n) is 17.9. The van der Waals surface area contributed by atoms with Gasteiger partial charge in [-0.15, -0.1) is 0 Å². The van der Waals surface area contributed by atoms with Crippen LogP contribution in [-0.4, -0.2) is 21.0 Å². The molecular weight excluding hydrogens is 451 g/mol. The van der Waals surface area contributed by atoms with Crippen molar-refractivity contribution in [2.75, 3.05) is 0 Å². The first-order valence-corrected chi connectivity index (χ1v) is 11.4. The Balaban J connectivity index is 1.55. The molecule has 0 aliphatic rings. The number of carboxylic acid groups (broad SMARTS) is 1. The average molecular weight is 471 g/mol. The standard InChI is InChI=1S/C27H19FN2O3S/c28-21-10-4-2-8-18(21)16-33-24-14-13-17-7-1-3-9-19(17)20(24)15-25(26(31)32)34-27-29-22-11-5-6-12-23(22)30-27/h1-15H,16H2,(H,29,30)(H,31,32)/b25-15-. The van der Waals surface area contributed by atoms with Crippen molar-refractivity contribution in [2.24, 2.45) is 0 Å². The molecule has 0 spiro atoms. The third-order valence-electron chi connectivity index (χ3n) is 5.33. The number of thioether (sulfide) groups is 1. The predicted octanol–water partition coefficient (Wildman–Crippen LogP) is 6.65. The lowest BCUT2D eigenvalue weighted by Gasteiger charge is -2.13. The van der Waals surface area contributed by atoms with Crippen molar-refractivity contribution in [3.8, 4) is 5.75 Å². The van der Waals surface area contributed by atoms with Crippen LogP contribution in [0.4, 0.5) is 4.39 Å². The lowest BCUT2D eigenvalue weighted by Crippen LogP contribution is -2.01. The van der Waals surface area contributed by atoms with Gasteiger partial charge in [-0.25, -0.2) is 14.2 Å². The van der Waals surface area contributed by atoms with E-state index in [1.807, 2.05) is 54.6 Å². The molecule has 0 aliphatic heterocycles. The minimum Gasteiger partial charge on any atom is -0.488 e. The molecule has 4 aromatic carbocycles. The zero-order chi connectivity index (χ0) is 23.5. The number of nitrogens with one attached hydrogen (secondary N) is 1. The van der Waals surface area contributed by atoms with Crippen LogP contribution in [0.3, 0.4) is 0 Å². The van der Waals surface area contributed by atoms with Gasteiger partial charge in [0, 0.05) is 11.1 Å². The summed E-state index contributed by atoms with van der Waals surface area (Å²) in [5.74, 6) is -0.976. The van der Waals surface area contributed by atoms with Crippen LogP contribution in [0.15, 0.2) is 95.0 Å². The summed E-state index contributed by atoms with van der Waals surface area (Å²) in [6.07, 6.45) is 1.58. The number of nitrogens with zero attached hydrogens (tertiary/aromatic N) is 1. The summed E-state index contributed by atoms with van der Waals surface area (Å²) in [6.45, 7) is 0.0188. The van der Waals surface area contributed by atoms with Crippen LogP contribution in [0.2, 0.25) is 0 Å². The second kappa shape index (κ2) is 9.41. The SMILES string of the molecule is O=C(O)/C(=C/c1c(OCc2ccccc2F)ccc2ccccc12)Sc1nc2ccccc2[nH]1. The summed E-state index contributed by atoms with van der Waals surface area (Å²) in [4.78, 5) is 19.9. The van der Waals surface area contributed by atoms with E-state index in [1.54, 1.807) is 30.3 Å². The summed E-state index contributed by atoms with van der Waals surface area (Å²) < 4.78 is 20.1. The van der Waals surface area contributed by atoms with Gasteiger partial charge in [-0.2, -0.15) is 0 Å². The molecule has 5 aromatic rings. The fourth-order valence-electron chi connectivity index (χ4n) is 3.67. The summed E-state index contributed by atoms with van der Waals surface area (Å²) in [7, 11) is 0. The Morgan fingerprint density at radius 3 is 2.59 bits per heavy atom. The monoisotopic (exact) mass is 470 g/mol. The normalized spacial score (nSPS) is 11.7. The van der Waals surface area contributed by atoms with Crippen LogP contribution in [0.5, 0.6) is 5.75 Å². The topological polar surface area (TPSA) is 75.2 Å². The third-order valence-corrected chi connectivity index (χ3v) is 6.23. The molecule has 5 rings (SSSR count). The molecule has 0 saturated carbocycles. The molecule has 0 amide bonds. The number of fused-ring (bicyclic) bond motifs is 2. The third kappa shape index (κ3) is 4.51. The molecular formula is C27H19FN2O3S. The highest BCUT2D eigenvalue weighted by Crippen LogP contribution is 2.35. The van der Waals surface area contributed by atoms with Gasteiger partial charge in [0.15, 0.2) is 5.16 Å². The first-order valence-electron chi connectivity index (χ1n) is 10.5. The maximum absolute atomic E-state index is 14.1. The molecule has 0 atom stereocenters. The Morgan fingerprint density at radius 2 is 1.76 bits per heavy atom. The van der Waals surface area contributed by atoms with Crippen molar-refractivity contribution >= 4 is 45.6 Å². The Labute approximate surface area is 198 Å². The van der Waals surface area contributed by atoms with Gasteiger partial charge in [0.2, 0.25) is 0 Å². The number of hydrogen-bond donors (Lipinski definition) is 2. The summed E-state index contributed by atoms with van der Waals surface area (Å²) in [6, 6.07) is 25.2. The van der Waals surface area contributed by atoms with Crippen LogP contribution in [-0.2, 0) is 11.4 Å². The molecule has 1 aromatic heterocycles. The summed E-state index contributed by atoms with van der Waals surface area (Å²) in [5.41, 5.74) is 2.61. The molecule has 0 bridgehead atoms. The van der Waals surface area contributed by atoms with Crippen LogP contribution >= 0.6 is 11.8 Å². The molecule has 0 fully saturated rings. The minimum absolute atomic E-state index is 0.0188. The largest absolute Gasteiger partial charge is 0.488 e. The van der Waals surface area contributed by atoms with Crippen molar-refractivity contribution in [3.63, 3.8) is 0 Å². The second-order valence-corrected chi connectivity index (χ2v) is 8.58. The van der Waals surface area contributed by atoms with E-state index in [9.17, 15) is 14.3 Å². The zero-order valence-corrected chi connectivity index (χ0v) is 18.7. The number of halogens is 1. The van der Waals surface area contributed by atoms with Crippen molar-refractivity contribution in [1.82, 2.24) is 9.97 Å². The Morgan fingerprint density at radius 1 is 1.00 bits per heavy atom. The number of para-hydroxylation sites is 2. The summed E-state index contributed by atoms with van der Waals surface area (Å²) >= 11 is 1.03. The van der Waals surface area contributed by atoms with E-state index in [0.29, 0.717) is 22.0 Å². The van der Waals surface area contributed by atoms with Gasteiger partial charge in [-0.3, -0.25) is 0 Å². The highest BCUT2D eigenvalue weighted by atomic mass is 32.2. The molecule has 0 radical (unpaired) electrons. The highest BCUT2D eigenvalue weighted by Gasteiger charge is 2.16. The van der Waals surface area contributed by atoms with E-state index in [2.05, 4.69) is 9.97 Å². The van der Waals surface area contributed by atoms with Crippen LogP contribution in [0, 0.1) is 5.82 Å². The van der Waals surface area contributed by atoms with E-state index >= 15 is 0 Å². The number of rotatable bonds is 7. The molecule has 2 N–H and O–H groups in total. The first kappa shape index (κ1) is 21.7. The number of aromatic amines is 1. The van der Waals surface area contributed by atoms with E-state index < -0.39 is 5.97 Å². The molecule has 1 heterocycles. The smallest absolute Gasteiger partial charge is 0.342 e. The lowest BCUT2D eigenvalue weighted by atomic mass is 10.0. The molecule has 0 saturated heterocycles. The second-order valence-electron chi connectivity index (χ2n) is 7.55. The fourth-order valence-corrected chi connectivity index (χ4v) is 4.45. The number of aliphatic carboxylic acids is 1. The van der Waals surface area contributed by atoms with Crippen LogP contribution < -0.4 is 4.74 Å². The van der Waals surface area contributed by atoms with Crippen molar-refractivity contribution in [3.05, 3.63) is 107 Å². The molecule has 7 heteroatoms. The van der Waals surface area contributed by atoms with Crippen LogP contribution in [0.25, 0.3) is 27.9 Å². The van der Waals surface area contributed by atoms with Crippen LogP contribution in [0.1, 0.15) is 11.1 Å². The van der Waals surface area contributed by atoms with E-state index in [0.717, 1.165) is 33.6 Å². The quantitative estimate of drug-likeness (QED) is 0.206. The Bertz CT molecular complexity index is 1510. The summed E-state index contributed by atoms with van der Waals surface area (Å²) in [5, 5.41) is 12.2. The molecule has 0 aliphatic carbocycles. The molecule has 34 heavy (non-hydrogen) atoms. The van der Waals surface area contributed by atoms with Gasteiger partial charge in [-0.05, 0) is 52.9 Å². The van der Waals surface area contributed by atoms with E-state index in [4.69, 9.17) is 4.74 Å². The van der Waals surface area contributed by atoms with Crippen molar-refractivity contribution < 1.29 is 19.0 Å².